The lowest BCUT2D eigenvalue weighted by molar-refractivity contribution is -0.137. The van der Waals surface area contributed by atoms with Crippen LogP contribution in [0.1, 0.15) is 12.0 Å². The van der Waals surface area contributed by atoms with Crippen LogP contribution in [0.3, 0.4) is 0 Å². The molecule has 0 radical (unpaired) electrons. The summed E-state index contributed by atoms with van der Waals surface area (Å²) < 4.78 is 38.2. The number of nitrogens with zero attached hydrogens (tertiary/aromatic N) is 1. The molecule has 1 atom stereocenters. The van der Waals surface area contributed by atoms with E-state index in [9.17, 15) is 22.8 Å². The van der Waals surface area contributed by atoms with E-state index in [0.717, 1.165) is 30.0 Å². The van der Waals surface area contributed by atoms with Gasteiger partial charge in [-0.3, -0.25) is 14.6 Å². The lowest BCUT2D eigenvalue weighted by Gasteiger charge is -2.12. The molecule has 0 bridgehead atoms. The number of amides is 2. The fourth-order valence-electron chi connectivity index (χ4n) is 1.93. The van der Waals surface area contributed by atoms with Gasteiger partial charge in [-0.2, -0.15) is 13.2 Å². The zero-order valence-corrected chi connectivity index (χ0v) is 14.3. The highest BCUT2D eigenvalue weighted by molar-refractivity contribution is 8.15. The van der Waals surface area contributed by atoms with Gasteiger partial charge >= 0.3 is 6.18 Å². The van der Waals surface area contributed by atoms with Crippen LogP contribution in [0.25, 0.3) is 0 Å². The molecule has 1 heterocycles. The first kappa shape index (κ1) is 19.3. The second-order valence-corrected chi connectivity index (χ2v) is 6.57. The van der Waals surface area contributed by atoms with Crippen molar-refractivity contribution in [2.45, 2.75) is 17.8 Å². The molecule has 1 saturated heterocycles. The predicted molar refractivity (Wildman–Crippen MR) is 91.7 cm³/mol. The quantitative estimate of drug-likeness (QED) is 0.755. The van der Waals surface area contributed by atoms with Crippen LogP contribution in [-0.4, -0.2) is 28.8 Å². The zero-order valence-electron chi connectivity index (χ0n) is 12.7. The first-order valence-electron chi connectivity index (χ1n) is 7.00. The van der Waals surface area contributed by atoms with Gasteiger partial charge in [-0.1, -0.05) is 29.4 Å². The average Bonchev–Trinajstić information content (AvgIpc) is 2.86. The molecule has 1 fully saturated rings. The average molecular weight is 392 g/mol. The summed E-state index contributed by atoms with van der Waals surface area (Å²) in [6.07, 6.45) is -3.23. The molecule has 1 aliphatic rings. The Morgan fingerprint density at radius 2 is 2.20 bits per heavy atom. The standard InChI is InChI=1S/C15H13ClF3N3O2S/c1-2-5-20-14-22-13(24)11(25-14)7-12(23)21-10-6-8(15(17,18)19)3-4-9(10)16/h2-4,6,11H,1,5,7H2,(H,21,23)(H,20,22,24)/t11-/m0/s1. The number of thioether (sulfide) groups is 1. The van der Waals surface area contributed by atoms with Crippen molar-refractivity contribution in [3.05, 3.63) is 41.4 Å². The highest BCUT2D eigenvalue weighted by Crippen LogP contribution is 2.34. The number of halogens is 4. The van der Waals surface area contributed by atoms with E-state index >= 15 is 0 Å². The van der Waals surface area contributed by atoms with Crippen molar-refractivity contribution in [3.63, 3.8) is 0 Å². The molecule has 1 aromatic carbocycles. The second-order valence-electron chi connectivity index (χ2n) is 4.97. The van der Waals surface area contributed by atoms with Crippen LogP contribution in [0.15, 0.2) is 35.8 Å². The lowest BCUT2D eigenvalue weighted by Crippen LogP contribution is -2.28. The third-order valence-electron chi connectivity index (χ3n) is 3.08. The minimum Gasteiger partial charge on any atom is -0.325 e. The first-order valence-corrected chi connectivity index (χ1v) is 8.26. The van der Waals surface area contributed by atoms with E-state index in [1.165, 1.54) is 0 Å². The van der Waals surface area contributed by atoms with Gasteiger partial charge in [0.05, 0.1) is 22.8 Å². The van der Waals surface area contributed by atoms with Gasteiger partial charge in [-0.25, -0.2) is 0 Å². The molecule has 0 aromatic heterocycles. The van der Waals surface area contributed by atoms with Crippen LogP contribution in [0.4, 0.5) is 18.9 Å². The van der Waals surface area contributed by atoms with Crippen molar-refractivity contribution in [2.75, 3.05) is 11.9 Å². The fourth-order valence-corrected chi connectivity index (χ4v) is 3.07. The van der Waals surface area contributed by atoms with Crippen molar-refractivity contribution in [2.24, 2.45) is 4.99 Å². The lowest BCUT2D eigenvalue weighted by atomic mass is 10.2. The number of carbonyl (C=O) groups is 2. The van der Waals surface area contributed by atoms with E-state index in [2.05, 4.69) is 22.2 Å². The maximum absolute atomic E-state index is 12.7. The zero-order chi connectivity index (χ0) is 18.6. The highest BCUT2D eigenvalue weighted by Gasteiger charge is 2.33. The van der Waals surface area contributed by atoms with E-state index < -0.39 is 28.8 Å². The molecule has 2 N–H and O–H groups in total. The van der Waals surface area contributed by atoms with Gasteiger partial charge in [-0.05, 0) is 18.2 Å². The van der Waals surface area contributed by atoms with Crippen LogP contribution in [0.2, 0.25) is 5.02 Å². The van der Waals surface area contributed by atoms with Crippen molar-refractivity contribution in [1.82, 2.24) is 5.32 Å². The number of nitrogens with one attached hydrogen (secondary N) is 2. The third kappa shape index (κ3) is 5.23. The molecule has 1 aromatic rings. The van der Waals surface area contributed by atoms with Crippen molar-refractivity contribution in [1.29, 1.82) is 0 Å². The van der Waals surface area contributed by atoms with E-state index in [1.807, 2.05) is 0 Å². The number of alkyl halides is 3. The summed E-state index contributed by atoms with van der Waals surface area (Å²) >= 11 is 6.90. The van der Waals surface area contributed by atoms with Crippen LogP contribution in [0.5, 0.6) is 0 Å². The summed E-state index contributed by atoms with van der Waals surface area (Å²) in [5, 5.41) is 4.46. The Labute approximate surface area is 150 Å². The van der Waals surface area contributed by atoms with Gasteiger partial charge in [0.2, 0.25) is 11.8 Å². The number of rotatable bonds is 5. The molecular formula is C15H13ClF3N3O2S. The number of amidine groups is 1. The smallest absolute Gasteiger partial charge is 0.325 e. The molecule has 0 saturated carbocycles. The first-order chi connectivity index (χ1) is 11.7. The van der Waals surface area contributed by atoms with E-state index in [0.29, 0.717) is 11.7 Å². The number of anilines is 1. The number of hydrogen-bond acceptors (Lipinski definition) is 4. The molecule has 25 heavy (non-hydrogen) atoms. The number of aliphatic imine (C=N–C) groups is 1. The summed E-state index contributed by atoms with van der Waals surface area (Å²) in [4.78, 5) is 27.9. The number of hydrogen-bond donors (Lipinski definition) is 2. The minimum atomic E-state index is -4.55. The Kier molecular flexibility index (Phi) is 6.12. The van der Waals surface area contributed by atoms with E-state index in [4.69, 9.17) is 11.6 Å². The molecule has 2 amide bonds. The van der Waals surface area contributed by atoms with Crippen LogP contribution in [-0.2, 0) is 15.8 Å². The summed E-state index contributed by atoms with van der Waals surface area (Å²) in [7, 11) is 0. The van der Waals surface area contributed by atoms with Crippen molar-refractivity contribution in [3.8, 4) is 0 Å². The molecule has 0 aliphatic carbocycles. The van der Waals surface area contributed by atoms with Gasteiger partial charge < -0.3 is 10.6 Å². The molecule has 0 spiro atoms. The molecule has 0 unspecified atom stereocenters. The van der Waals surface area contributed by atoms with Crippen molar-refractivity contribution >= 4 is 46.0 Å². The maximum atomic E-state index is 12.7. The topological polar surface area (TPSA) is 70.6 Å². The van der Waals surface area contributed by atoms with Gasteiger partial charge in [0.1, 0.15) is 5.25 Å². The maximum Gasteiger partial charge on any atom is 0.416 e. The molecule has 1 aliphatic heterocycles. The Balaban J connectivity index is 2.03. The molecule has 2 rings (SSSR count). The second kappa shape index (κ2) is 7.92. The monoisotopic (exact) mass is 391 g/mol. The summed E-state index contributed by atoms with van der Waals surface area (Å²) in [6, 6.07) is 2.62. The van der Waals surface area contributed by atoms with Gasteiger partial charge in [-0.15, -0.1) is 6.58 Å². The SMILES string of the molecule is C=CCN=C1NC(=O)[C@H](CC(=O)Nc2cc(C(F)(F)F)ccc2Cl)S1. The number of benzene rings is 1. The van der Waals surface area contributed by atoms with Crippen LogP contribution < -0.4 is 10.6 Å². The highest BCUT2D eigenvalue weighted by atomic mass is 35.5. The summed E-state index contributed by atoms with van der Waals surface area (Å²) in [5.41, 5.74) is -1.09. The molecule has 5 nitrogen and oxygen atoms in total. The number of carbonyl (C=O) groups excluding carboxylic acids is 2. The normalized spacial score (nSPS) is 19.0. The predicted octanol–water partition coefficient (Wildman–Crippen LogP) is 3.46. The van der Waals surface area contributed by atoms with Gasteiger partial charge in [0.25, 0.3) is 0 Å². The van der Waals surface area contributed by atoms with Gasteiger partial charge in [0, 0.05) is 6.42 Å². The molecular weight excluding hydrogens is 379 g/mol. The third-order valence-corrected chi connectivity index (χ3v) is 4.53. The fraction of sp³-hybridized carbons (Fsp3) is 0.267. The van der Waals surface area contributed by atoms with Crippen LogP contribution in [0, 0.1) is 0 Å². The molecule has 10 heteroatoms. The largest absolute Gasteiger partial charge is 0.416 e. The Morgan fingerprint density at radius 3 is 2.84 bits per heavy atom. The van der Waals surface area contributed by atoms with E-state index in [1.54, 1.807) is 6.08 Å². The van der Waals surface area contributed by atoms with Gasteiger partial charge in [0.15, 0.2) is 5.17 Å². The Bertz CT molecular complexity index is 737. The summed E-state index contributed by atoms with van der Waals surface area (Å²) in [6.45, 7) is 3.82. The summed E-state index contributed by atoms with van der Waals surface area (Å²) in [5.74, 6) is -1.02. The van der Waals surface area contributed by atoms with E-state index in [-0.39, 0.29) is 17.1 Å². The Morgan fingerprint density at radius 1 is 1.48 bits per heavy atom. The molecule has 134 valence electrons. The van der Waals surface area contributed by atoms with Crippen molar-refractivity contribution < 1.29 is 22.8 Å². The van der Waals surface area contributed by atoms with Crippen LogP contribution >= 0.6 is 23.4 Å². The Hall–Kier alpha value is -2.00. The minimum absolute atomic E-state index is 0.0295.